The zero-order valence-electron chi connectivity index (χ0n) is 19.0. The van der Waals surface area contributed by atoms with E-state index in [0.29, 0.717) is 15.9 Å². The number of nitrogen functional groups attached to an aromatic ring is 1. The fraction of sp³-hybridized carbons (Fsp3) is 0.579. The van der Waals surface area contributed by atoms with E-state index >= 15 is 0 Å². The summed E-state index contributed by atoms with van der Waals surface area (Å²) in [5.41, 5.74) is 4.79. The number of carboxylic acids is 1. The van der Waals surface area contributed by atoms with Gasteiger partial charge >= 0.3 is 5.97 Å². The van der Waals surface area contributed by atoms with Crippen molar-refractivity contribution < 1.29 is 28.8 Å². The summed E-state index contributed by atoms with van der Waals surface area (Å²) in [6, 6.07) is 0. The Morgan fingerprint density at radius 3 is 2.74 bits per heavy atom. The zero-order chi connectivity index (χ0) is 24.7. The minimum Gasteiger partial charge on any atom is -0.476 e. The minimum absolute atomic E-state index is 0.00187. The van der Waals surface area contributed by atoms with Crippen LogP contribution in [0.25, 0.3) is 0 Å². The number of β-lactam (4-membered cyclic amide) rings is 1. The maximum absolute atomic E-state index is 13.3. The van der Waals surface area contributed by atoms with Crippen molar-refractivity contribution in [3.63, 3.8) is 0 Å². The molecule has 0 spiro atoms. The van der Waals surface area contributed by atoms with Crippen LogP contribution in [0.4, 0.5) is 5.13 Å². The van der Waals surface area contributed by atoms with E-state index in [-0.39, 0.29) is 29.0 Å². The van der Waals surface area contributed by atoms with Crippen LogP contribution in [-0.2, 0) is 19.2 Å². The molecule has 1 aromatic heterocycles. The van der Waals surface area contributed by atoms with Gasteiger partial charge in [0.15, 0.2) is 16.5 Å². The summed E-state index contributed by atoms with van der Waals surface area (Å²) in [5, 5.41) is 19.4. The highest BCUT2D eigenvalue weighted by Gasteiger charge is 2.64. The van der Waals surface area contributed by atoms with Crippen molar-refractivity contribution in [2.45, 2.75) is 24.8 Å². The fourth-order valence-electron chi connectivity index (χ4n) is 4.33. The van der Waals surface area contributed by atoms with Gasteiger partial charge in [-0.25, -0.2) is 4.79 Å². The molecule has 0 bridgehead atoms. The maximum Gasteiger partial charge on any atom is 0.358 e. The van der Waals surface area contributed by atoms with Crippen LogP contribution < -0.4 is 16.4 Å². The number of thioether (sulfide) groups is 1. The van der Waals surface area contributed by atoms with Gasteiger partial charge in [-0.3, -0.25) is 19.0 Å². The third kappa shape index (κ3) is 4.01. The van der Waals surface area contributed by atoms with Gasteiger partial charge in [0.1, 0.15) is 17.5 Å². The summed E-state index contributed by atoms with van der Waals surface area (Å²) in [5.74, 6) is -1.95. The first-order valence-corrected chi connectivity index (χ1v) is 12.5. The molecule has 0 radical (unpaired) electrons. The molecule has 184 valence electrons. The van der Waals surface area contributed by atoms with Crippen LogP contribution in [0, 0.1) is 0 Å². The number of hydrogen-bond donors (Lipinski definition) is 4. The Hall–Kier alpha value is -2.75. The van der Waals surface area contributed by atoms with Gasteiger partial charge in [-0.1, -0.05) is 5.16 Å². The number of anilines is 1. The third-order valence-electron chi connectivity index (χ3n) is 6.23. The van der Waals surface area contributed by atoms with Gasteiger partial charge in [-0.2, -0.15) is 9.36 Å². The lowest BCUT2D eigenvalue weighted by molar-refractivity contribution is -0.874. The minimum atomic E-state index is -1.34. The number of nitrogens with zero attached hydrogens (tertiary/aromatic N) is 5. The molecule has 0 unspecified atom stereocenters. The van der Waals surface area contributed by atoms with Gasteiger partial charge in [-0.05, 0) is 13.8 Å². The van der Waals surface area contributed by atoms with E-state index < -0.39 is 28.7 Å². The van der Waals surface area contributed by atoms with Crippen LogP contribution in [0.2, 0.25) is 0 Å². The van der Waals surface area contributed by atoms with Crippen LogP contribution in [-0.4, -0.2) is 104 Å². The second-order valence-corrected chi connectivity index (χ2v) is 10.4. The van der Waals surface area contributed by atoms with E-state index in [0.717, 1.165) is 37.7 Å². The summed E-state index contributed by atoms with van der Waals surface area (Å²) < 4.78 is 4.47. The Morgan fingerprint density at radius 2 is 2.15 bits per heavy atom. The van der Waals surface area contributed by atoms with Crippen LogP contribution in [0.5, 0.6) is 0 Å². The maximum atomic E-state index is 13.3. The Bertz CT molecular complexity index is 1080. The van der Waals surface area contributed by atoms with Crippen molar-refractivity contribution in [2.75, 3.05) is 51.3 Å². The molecule has 2 atom stereocenters. The molecule has 4 heterocycles. The standard InChI is InChI=1S/C19H26N8O5S2/c1-4-32-24-11(13-22-18(20)34-25-13)14(28)23-19(2)16(31)26-12(15(29)30)10(9-33-17(19)26)27(3)7-5-21-6-8-27/h17,21H,4-9H2,1-3H3,(H3-,20,22,23,25,28,29,30)/p+1/t17-,19+/m0/s1. The molecule has 15 heteroatoms. The van der Waals surface area contributed by atoms with E-state index in [4.69, 9.17) is 10.6 Å². The topological polar surface area (TPSA) is 172 Å². The number of carboxylic acid groups (broad SMARTS) is 1. The molecular weight excluding hydrogens is 484 g/mol. The van der Waals surface area contributed by atoms with Crippen molar-refractivity contribution in [3.8, 4) is 0 Å². The van der Waals surface area contributed by atoms with Gasteiger partial charge < -0.3 is 26.3 Å². The highest BCUT2D eigenvalue weighted by atomic mass is 32.2. The number of aliphatic carboxylic acids is 1. The highest BCUT2D eigenvalue weighted by molar-refractivity contribution is 8.00. The number of amides is 2. The van der Waals surface area contributed by atoms with Crippen molar-refractivity contribution in [2.24, 2.45) is 5.16 Å². The normalized spacial score (nSPS) is 26.6. The average molecular weight is 512 g/mol. The first kappa shape index (κ1) is 24.4. The van der Waals surface area contributed by atoms with Crippen molar-refractivity contribution in [3.05, 3.63) is 17.2 Å². The Balaban J connectivity index is 1.61. The largest absolute Gasteiger partial charge is 0.476 e. The van der Waals surface area contributed by atoms with E-state index in [2.05, 4.69) is 25.1 Å². The van der Waals surface area contributed by atoms with Crippen LogP contribution in [0.15, 0.2) is 16.5 Å². The molecule has 3 aliphatic heterocycles. The van der Waals surface area contributed by atoms with Gasteiger partial charge in [-0.15, -0.1) is 11.8 Å². The lowest BCUT2D eigenvalue weighted by Crippen LogP contribution is -2.79. The molecule has 0 aliphatic carbocycles. The molecule has 2 saturated heterocycles. The number of quaternary nitrogens is 1. The molecule has 4 rings (SSSR count). The highest BCUT2D eigenvalue weighted by Crippen LogP contribution is 2.47. The molecule has 0 saturated carbocycles. The Kier molecular flexibility index (Phi) is 6.54. The molecule has 5 N–H and O–H groups in total. The summed E-state index contributed by atoms with van der Waals surface area (Å²) in [6.07, 6.45) is 0. The van der Waals surface area contributed by atoms with E-state index in [1.54, 1.807) is 13.8 Å². The third-order valence-corrected chi connectivity index (χ3v) is 8.21. The number of oxime groups is 1. The molecule has 0 aromatic carbocycles. The summed E-state index contributed by atoms with van der Waals surface area (Å²) in [6.45, 7) is 6.48. The van der Waals surface area contributed by atoms with Crippen LogP contribution in [0.1, 0.15) is 19.7 Å². The number of piperazine rings is 1. The lowest BCUT2D eigenvalue weighted by Gasteiger charge is -2.56. The van der Waals surface area contributed by atoms with Crippen molar-refractivity contribution >= 4 is 51.9 Å². The Labute approximate surface area is 204 Å². The van der Waals surface area contributed by atoms with Gasteiger partial charge in [0.25, 0.3) is 11.8 Å². The molecule has 2 amide bonds. The molecule has 1 aromatic rings. The number of nitrogens with one attached hydrogen (secondary N) is 2. The first-order chi connectivity index (χ1) is 16.1. The number of carbonyl (C=O) groups excluding carboxylic acids is 2. The van der Waals surface area contributed by atoms with Crippen molar-refractivity contribution in [1.29, 1.82) is 0 Å². The zero-order valence-corrected chi connectivity index (χ0v) is 20.7. The molecule has 34 heavy (non-hydrogen) atoms. The predicted octanol–water partition coefficient (Wildman–Crippen LogP) is -1.00. The lowest BCUT2D eigenvalue weighted by atomic mass is 9.88. The van der Waals surface area contributed by atoms with Gasteiger partial charge in [0, 0.05) is 24.6 Å². The number of rotatable bonds is 7. The monoisotopic (exact) mass is 511 g/mol. The quantitative estimate of drug-likeness (QED) is 0.154. The van der Waals surface area contributed by atoms with Crippen LogP contribution in [0.3, 0.4) is 0 Å². The van der Waals surface area contributed by atoms with Gasteiger partial charge in [0.05, 0.1) is 25.9 Å². The summed E-state index contributed by atoms with van der Waals surface area (Å²) in [4.78, 5) is 49.1. The molecule has 2 fully saturated rings. The average Bonchev–Trinajstić information content (AvgIpc) is 3.24. The predicted molar refractivity (Wildman–Crippen MR) is 126 cm³/mol. The summed E-state index contributed by atoms with van der Waals surface area (Å²) >= 11 is 2.33. The number of aromatic nitrogens is 2. The molecular formula is C19H27N8O5S2+. The second kappa shape index (κ2) is 9.13. The van der Waals surface area contributed by atoms with E-state index in [1.807, 2.05) is 7.05 Å². The summed E-state index contributed by atoms with van der Waals surface area (Å²) in [7, 11) is 1.99. The molecule has 3 aliphatic rings. The van der Waals surface area contributed by atoms with E-state index in [9.17, 15) is 19.5 Å². The smallest absolute Gasteiger partial charge is 0.358 e. The second-order valence-electron chi connectivity index (χ2n) is 8.50. The van der Waals surface area contributed by atoms with Crippen molar-refractivity contribution in [1.82, 2.24) is 24.9 Å². The number of carbonyl (C=O) groups is 3. The van der Waals surface area contributed by atoms with Crippen LogP contribution >= 0.6 is 23.3 Å². The number of likely N-dealkylation sites (N-methyl/N-ethyl adjacent to an activating group) is 1. The van der Waals surface area contributed by atoms with E-state index in [1.165, 1.54) is 16.7 Å². The molecule has 13 nitrogen and oxygen atoms in total. The first-order valence-electron chi connectivity index (χ1n) is 10.7. The number of hydrogen-bond acceptors (Lipinski definition) is 11. The van der Waals surface area contributed by atoms with Gasteiger partial charge in [0.2, 0.25) is 11.5 Å². The fourth-order valence-corrected chi connectivity index (χ4v) is 6.37. The number of nitrogens with two attached hydrogens (primary N) is 1. The Morgan fingerprint density at radius 1 is 1.44 bits per heavy atom. The SMILES string of the molecule is CCON=C(C(=O)N[C@]1(C)C(=O)N2C(C(=O)O)=C([N+]3(C)CCNCC3)CS[C@H]21)c1nsc(N)n1. The number of fused-ring (bicyclic) bond motifs is 1.